The molecular formula is C25H46O4. The van der Waals surface area contributed by atoms with Gasteiger partial charge in [0.2, 0.25) is 0 Å². The minimum absolute atomic E-state index is 0.322. The van der Waals surface area contributed by atoms with E-state index >= 15 is 0 Å². The lowest BCUT2D eigenvalue weighted by molar-refractivity contribution is -0.142. The van der Waals surface area contributed by atoms with Gasteiger partial charge in [0.05, 0.1) is 13.2 Å². The van der Waals surface area contributed by atoms with Gasteiger partial charge in [-0.25, -0.2) is 9.59 Å². The molecule has 0 N–H and O–H groups in total. The average Bonchev–Trinajstić information content (AvgIpc) is 2.73. The molecule has 0 aromatic carbocycles. The van der Waals surface area contributed by atoms with Crippen LogP contribution in [0.15, 0.2) is 11.1 Å². The van der Waals surface area contributed by atoms with Gasteiger partial charge in [0, 0.05) is 11.1 Å². The van der Waals surface area contributed by atoms with Crippen molar-refractivity contribution in [2.75, 3.05) is 13.2 Å². The van der Waals surface area contributed by atoms with Crippen LogP contribution >= 0.6 is 0 Å². The summed E-state index contributed by atoms with van der Waals surface area (Å²) in [5.41, 5.74) is 1.12. The van der Waals surface area contributed by atoms with Crippen molar-refractivity contribution in [3.8, 4) is 0 Å². The Hall–Kier alpha value is -1.32. The Kier molecular flexibility index (Phi) is 19.1. The van der Waals surface area contributed by atoms with Crippen molar-refractivity contribution < 1.29 is 19.1 Å². The Labute approximate surface area is 179 Å². The van der Waals surface area contributed by atoms with Crippen LogP contribution in [-0.4, -0.2) is 25.2 Å². The van der Waals surface area contributed by atoms with Gasteiger partial charge in [-0.05, 0) is 38.5 Å². The summed E-state index contributed by atoms with van der Waals surface area (Å²) in [5, 5.41) is 0. The number of unbranched alkanes of at least 4 members (excludes halogenated alkanes) is 9. The maximum absolute atomic E-state index is 12.7. The molecule has 0 aliphatic carbocycles. The molecule has 0 atom stereocenters. The van der Waals surface area contributed by atoms with Crippen molar-refractivity contribution in [2.24, 2.45) is 0 Å². The fourth-order valence-corrected chi connectivity index (χ4v) is 3.30. The van der Waals surface area contributed by atoms with E-state index in [0.29, 0.717) is 37.2 Å². The topological polar surface area (TPSA) is 52.6 Å². The number of hydrogen-bond donors (Lipinski definition) is 0. The van der Waals surface area contributed by atoms with Crippen LogP contribution in [0.2, 0.25) is 0 Å². The Morgan fingerprint density at radius 1 is 0.483 bits per heavy atom. The summed E-state index contributed by atoms with van der Waals surface area (Å²) in [6, 6.07) is 0. The van der Waals surface area contributed by atoms with Crippen molar-refractivity contribution in [1.29, 1.82) is 0 Å². The van der Waals surface area contributed by atoms with Gasteiger partial charge in [-0.15, -0.1) is 0 Å². The highest BCUT2D eigenvalue weighted by Gasteiger charge is 2.22. The number of hydrogen-bond acceptors (Lipinski definition) is 4. The quantitative estimate of drug-likeness (QED) is 0.127. The van der Waals surface area contributed by atoms with Crippen molar-refractivity contribution in [3.05, 3.63) is 11.1 Å². The van der Waals surface area contributed by atoms with Crippen LogP contribution in [-0.2, 0) is 19.1 Å². The van der Waals surface area contributed by atoms with Crippen LogP contribution in [0.3, 0.4) is 0 Å². The van der Waals surface area contributed by atoms with Gasteiger partial charge >= 0.3 is 11.9 Å². The van der Waals surface area contributed by atoms with Crippen molar-refractivity contribution in [1.82, 2.24) is 0 Å². The molecule has 0 aliphatic heterocycles. The molecule has 0 aliphatic rings. The summed E-state index contributed by atoms with van der Waals surface area (Å²) < 4.78 is 10.8. The number of carbonyl (C=O) groups excluding carboxylic acids is 2. The smallest absolute Gasteiger partial charge is 0.334 e. The molecule has 0 unspecified atom stereocenters. The zero-order valence-electron chi connectivity index (χ0n) is 19.7. The SMILES string of the molecule is CCCCCCCC/C(C(=O)OCCC)=C(\CCCCCCC)C(=O)OCCC. The molecule has 0 fully saturated rings. The molecule has 0 radical (unpaired) electrons. The molecule has 0 rings (SSSR count). The third-order valence-corrected chi connectivity index (χ3v) is 5.04. The first kappa shape index (κ1) is 27.7. The van der Waals surface area contributed by atoms with E-state index < -0.39 is 0 Å². The maximum atomic E-state index is 12.7. The average molecular weight is 411 g/mol. The van der Waals surface area contributed by atoms with E-state index in [2.05, 4.69) is 13.8 Å². The van der Waals surface area contributed by atoms with E-state index in [1.807, 2.05) is 13.8 Å². The van der Waals surface area contributed by atoms with Crippen LogP contribution in [0.5, 0.6) is 0 Å². The molecule has 0 heterocycles. The minimum Gasteiger partial charge on any atom is -0.462 e. The highest BCUT2D eigenvalue weighted by molar-refractivity contribution is 6.00. The fraction of sp³-hybridized carbons (Fsp3) is 0.840. The van der Waals surface area contributed by atoms with Gasteiger partial charge < -0.3 is 9.47 Å². The number of esters is 2. The van der Waals surface area contributed by atoms with Gasteiger partial charge in [-0.2, -0.15) is 0 Å². The zero-order chi connectivity index (χ0) is 21.7. The predicted molar refractivity (Wildman–Crippen MR) is 121 cm³/mol. The van der Waals surface area contributed by atoms with Crippen LogP contribution in [0, 0.1) is 0 Å². The third-order valence-electron chi connectivity index (χ3n) is 5.04. The molecule has 29 heavy (non-hydrogen) atoms. The lowest BCUT2D eigenvalue weighted by Gasteiger charge is -2.15. The second kappa shape index (κ2) is 20.0. The zero-order valence-corrected chi connectivity index (χ0v) is 19.7. The van der Waals surface area contributed by atoms with Gasteiger partial charge in [-0.1, -0.05) is 85.5 Å². The second-order valence-corrected chi connectivity index (χ2v) is 7.91. The summed E-state index contributed by atoms with van der Waals surface area (Å²) in [7, 11) is 0. The standard InChI is InChI=1S/C25H46O4/c1-5-9-11-13-15-17-19-23(25(27)29-21-8-4)22(24(26)28-20-7-3)18-16-14-12-10-6-2/h5-21H2,1-4H3/b23-22-. The Bertz CT molecular complexity index is 454. The van der Waals surface area contributed by atoms with E-state index in [0.717, 1.165) is 38.5 Å². The summed E-state index contributed by atoms with van der Waals surface area (Å²) in [6.45, 7) is 9.15. The minimum atomic E-state index is -0.322. The number of rotatable bonds is 19. The highest BCUT2D eigenvalue weighted by Crippen LogP contribution is 2.23. The van der Waals surface area contributed by atoms with Crippen LogP contribution in [0.25, 0.3) is 0 Å². The molecule has 170 valence electrons. The van der Waals surface area contributed by atoms with Crippen LogP contribution in [0.4, 0.5) is 0 Å². The van der Waals surface area contributed by atoms with Gasteiger partial charge in [0.1, 0.15) is 0 Å². The number of ether oxygens (including phenoxy) is 2. The molecule has 0 spiro atoms. The number of carbonyl (C=O) groups is 2. The lowest BCUT2D eigenvalue weighted by atomic mass is 9.96. The molecule has 0 aromatic heterocycles. The Morgan fingerprint density at radius 3 is 1.17 bits per heavy atom. The molecule has 0 saturated heterocycles. The molecule has 0 aromatic rings. The molecule has 0 bridgehead atoms. The van der Waals surface area contributed by atoms with Crippen molar-refractivity contribution in [2.45, 2.75) is 124 Å². The Morgan fingerprint density at radius 2 is 0.828 bits per heavy atom. The normalized spacial score (nSPS) is 11.9. The first-order chi connectivity index (χ1) is 14.1. The molecule has 0 amide bonds. The van der Waals surface area contributed by atoms with E-state index in [1.54, 1.807) is 0 Å². The van der Waals surface area contributed by atoms with Crippen LogP contribution in [0.1, 0.15) is 124 Å². The first-order valence-corrected chi connectivity index (χ1v) is 12.2. The van der Waals surface area contributed by atoms with Crippen molar-refractivity contribution in [3.63, 3.8) is 0 Å². The fourth-order valence-electron chi connectivity index (χ4n) is 3.30. The van der Waals surface area contributed by atoms with E-state index in [9.17, 15) is 9.59 Å². The summed E-state index contributed by atoms with van der Waals surface area (Å²) >= 11 is 0. The van der Waals surface area contributed by atoms with Crippen LogP contribution < -0.4 is 0 Å². The largest absolute Gasteiger partial charge is 0.462 e. The lowest BCUT2D eigenvalue weighted by Crippen LogP contribution is -2.18. The predicted octanol–water partition coefficient (Wildman–Crippen LogP) is 7.30. The summed E-state index contributed by atoms with van der Waals surface area (Å²) in [4.78, 5) is 25.5. The van der Waals surface area contributed by atoms with Gasteiger partial charge in [-0.3, -0.25) is 0 Å². The first-order valence-electron chi connectivity index (χ1n) is 12.2. The summed E-state index contributed by atoms with van der Waals surface area (Å²) in [5.74, 6) is -0.644. The van der Waals surface area contributed by atoms with E-state index in [-0.39, 0.29) is 11.9 Å². The van der Waals surface area contributed by atoms with Gasteiger partial charge in [0.25, 0.3) is 0 Å². The van der Waals surface area contributed by atoms with E-state index in [1.165, 1.54) is 44.9 Å². The van der Waals surface area contributed by atoms with Gasteiger partial charge in [0.15, 0.2) is 0 Å². The highest BCUT2D eigenvalue weighted by atomic mass is 16.5. The monoisotopic (exact) mass is 410 g/mol. The van der Waals surface area contributed by atoms with Crippen molar-refractivity contribution >= 4 is 11.9 Å². The molecular weight excluding hydrogens is 364 g/mol. The maximum Gasteiger partial charge on any atom is 0.334 e. The second-order valence-electron chi connectivity index (χ2n) is 7.91. The third kappa shape index (κ3) is 14.3. The molecule has 0 saturated carbocycles. The van der Waals surface area contributed by atoms with E-state index in [4.69, 9.17) is 9.47 Å². The molecule has 4 heteroatoms. The summed E-state index contributed by atoms with van der Waals surface area (Å²) in [6.07, 6.45) is 15.2. The molecule has 4 nitrogen and oxygen atoms in total. The Balaban J connectivity index is 5.21.